The van der Waals surface area contributed by atoms with Crippen LogP contribution in [0.3, 0.4) is 0 Å². The Bertz CT molecular complexity index is 1030. The van der Waals surface area contributed by atoms with Gasteiger partial charge >= 0.3 is 0 Å². The zero-order chi connectivity index (χ0) is 20.9. The molecule has 0 bridgehead atoms. The summed E-state index contributed by atoms with van der Waals surface area (Å²) in [6, 6.07) is 10.5. The molecule has 0 amide bonds. The van der Waals surface area contributed by atoms with E-state index < -0.39 is 0 Å². The van der Waals surface area contributed by atoms with Gasteiger partial charge in [0, 0.05) is 16.7 Å². The average molecular weight is 425 g/mol. The molecule has 3 aliphatic carbocycles. The molecule has 5 rings (SSSR count). The Morgan fingerprint density at radius 3 is 2.87 bits per heavy atom. The summed E-state index contributed by atoms with van der Waals surface area (Å²) in [5.41, 5.74) is 4.25. The fourth-order valence-electron chi connectivity index (χ4n) is 6.31. The number of aryl methyl sites for hydroxylation is 1. The van der Waals surface area contributed by atoms with Gasteiger partial charge in [-0.3, -0.25) is 0 Å². The highest BCUT2D eigenvalue weighted by Gasteiger charge is 2.53. The molecule has 0 heterocycles. The van der Waals surface area contributed by atoms with E-state index in [-0.39, 0.29) is 11.2 Å². The molecule has 2 aromatic carbocycles. The molecule has 5 heteroatoms. The van der Waals surface area contributed by atoms with Crippen LogP contribution >= 0.6 is 11.6 Å². The molecular formula is C25H26ClFN2O. The molecule has 0 spiro atoms. The van der Waals surface area contributed by atoms with Crippen molar-refractivity contribution in [3.8, 4) is 5.75 Å². The molecule has 156 valence electrons. The number of benzene rings is 2. The standard InChI is InChI=1S/C25H26ClFN2O/c1-25-12-11-18-17-8-6-16(30)13-15(17)5-7-19(18)21(25)9-10-24(25)29-28-14-20-22(26)3-2-4-23(20)27/h2-4,6,8,13-14,18-19,21,30H,5,7,9-12H2,1H3/b28-14-,29-24-/t18-,19-,21-,25+/m0/s1. The molecule has 3 nitrogen and oxygen atoms in total. The molecule has 2 aromatic rings. The maximum atomic E-state index is 14.0. The van der Waals surface area contributed by atoms with Crippen molar-refractivity contribution in [3.05, 3.63) is 63.9 Å². The van der Waals surface area contributed by atoms with Crippen molar-refractivity contribution in [1.29, 1.82) is 0 Å². The quantitative estimate of drug-likeness (QED) is 0.433. The van der Waals surface area contributed by atoms with Crippen molar-refractivity contribution in [2.75, 3.05) is 0 Å². The minimum Gasteiger partial charge on any atom is -0.508 e. The van der Waals surface area contributed by atoms with Crippen LogP contribution in [0.5, 0.6) is 5.75 Å². The summed E-state index contributed by atoms with van der Waals surface area (Å²) in [4.78, 5) is 0. The maximum absolute atomic E-state index is 14.0. The number of rotatable bonds is 2. The Labute approximate surface area is 181 Å². The van der Waals surface area contributed by atoms with Crippen LogP contribution < -0.4 is 0 Å². The zero-order valence-electron chi connectivity index (χ0n) is 17.1. The van der Waals surface area contributed by atoms with Gasteiger partial charge in [-0.05, 0) is 91.7 Å². The number of phenols is 1. The van der Waals surface area contributed by atoms with E-state index in [0.29, 0.717) is 34.1 Å². The predicted molar refractivity (Wildman–Crippen MR) is 119 cm³/mol. The van der Waals surface area contributed by atoms with Crippen LogP contribution in [-0.4, -0.2) is 17.0 Å². The van der Waals surface area contributed by atoms with Crippen molar-refractivity contribution < 1.29 is 9.50 Å². The zero-order valence-corrected chi connectivity index (χ0v) is 17.9. The molecule has 1 N–H and O–H groups in total. The van der Waals surface area contributed by atoms with Gasteiger partial charge in [0.2, 0.25) is 0 Å². The highest BCUT2D eigenvalue weighted by atomic mass is 35.5. The van der Waals surface area contributed by atoms with Crippen LogP contribution in [0.4, 0.5) is 4.39 Å². The molecule has 2 fully saturated rings. The summed E-state index contributed by atoms with van der Waals surface area (Å²) in [7, 11) is 0. The fourth-order valence-corrected chi connectivity index (χ4v) is 6.52. The molecule has 0 radical (unpaired) electrons. The van der Waals surface area contributed by atoms with Gasteiger partial charge < -0.3 is 5.11 Å². The summed E-state index contributed by atoms with van der Waals surface area (Å²) < 4.78 is 14.0. The monoisotopic (exact) mass is 424 g/mol. The first kappa shape index (κ1) is 19.7. The molecule has 3 aliphatic rings. The van der Waals surface area contributed by atoms with Crippen LogP contribution in [0.15, 0.2) is 46.6 Å². The van der Waals surface area contributed by atoms with Crippen molar-refractivity contribution >= 4 is 23.5 Å². The highest BCUT2D eigenvalue weighted by Crippen LogP contribution is 2.60. The van der Waals surface area contributed by atoms with E-state index in [1.165, 1.54) is 29.8 Å². The SMILES string of the molecule is C[C@@]12CC[C@H]3c4ccc(O)cc4CC[C@@H]3[C@@H]1CC/C2=N/N=C\c1c(F)cccc1Cl. The van der Waals surface area contributed by atoms with Crippen LogP contribution in [0, 0.1) is 23.1 Å². The third-order valence-electron chi connectivity index (χ3n) is 7.82. The van der Waals surface area contributed by atoms with E-state index in [9.17, 15) is 9.50 Å². The molecule has 0 unspecified atom stereocenters. The van der Waals surface area contributed by atoms with Gasteiger partial charge in [0.05, 0.1) is 11.2 Å². The summed E-state index contributed by atoms with van der Waals surface area (Å²) in [6.07, 6.45) is 7.97. The first-order valence-electron chi connectivity index (χ1n) is 10.8. The van der Waals surface area contributed by atoms with Crippen LogP contribution in [0.1, 0.15) is 61.6 Å². The van der Waals surface area contributed by atoms with Crippen LogP contribution in [0.2, 0.25) is 5.02 Å². The molecule has 2 saturated carbocycles. The van der Waals surface area contributed by atoms with Crippen LogP contribution in [0.25, 0.3) is 0 Å². The lowest BCUT2D eigenvalue weighted by Crippen LogP contribution is -2.42. The Morgan fingerprint density at radius 2 is 2.03 bits per heavy atom. The number of aromatic hydroxyl groups is 1. The number of fused-ring (bicyclic) bond motifs is 5. The van der Waals surface area contributed by atoms with Crippen molar-refractivity contribution in [3.63, 3.8) is 0 Å². The minimum atomic E-state index is -0.380. The normalized spacial score (nSPS) is 31.6. The number of nitrogens with zero attached hydrogens (tertiary/aromatic N) is 2. The average Bonchev–Trinajstić information content (AvgIpc) is 3.06. The lowest BCUT2D eigenvalue weighted by molar-refractivity contribution is 0.0955. The lowest BCUT2D eigenvalue weighted by Gasteiger charge is -2.49. The van der Waals surface area contributed by atoms with Crippen molar-refractivity contribution in [1.82, 2.24) is 0 Å². The smallest absolute Gasteiger partial charge is 0.133 e. The lowest BCUT2D eigenvalue weighted by atomic mass is 9.55. The minimum absolute atomic E-state index is 0.0615. The molecule has 30 heavy (non-hydrogen) atoms. The third kappa shape index (κ3) is 3.17. The Hall–Kier alpha value is -2.20. The second-order valence-electron chi connectivity index (χ2n) is 9.22. The predicted octanol–water partition coefficient (Wildman–Crippen LogP) is 6.52. The Kier molecular flexibility index (Phi) is 4.93. The van der Waals surface area contributed by atoms with Gasteiger partial charge in [0.1, 0.15) is 11.6 Å². The van der Waals surface area contributed by atoms with E-state index >= 15 is 0 Å². The molecule has 0 aliphatic heterocycles. The topological polar surface area (TPSA) is 45.0 Å². The van der Waals surface area contributed by atoms with E-state index in [0.717, 1.165) is 37.8 Å². The summed E-state index contributed by atoms with van der Waals surface area (Å²) in [6.45, 7) is 2.34. The van der Waals surface area contributed by atoms with Gasteiger partial charge in [-0.25, -0.2) is 4.39 Å². The van der Waals surface area contributed by atoms with Crippen molar-refractivity contribution in [2.24, 2.45) is 27.5 Å². The van der Waals surface area contributed by atoms with Gasteiger partial charge in [-0.2, -0.15) is 10.2 Å². The number of halogens is 2. The molecule has 4 atom stereocenters. The van der Waals surface area contributed by atoms with E-state index in [1.807, 2.05) is 12.1 Å². The van der Waals surface area contributed by atoms with Gasteiger partial charge in [0.25, 0.3) is 0 Å². The number of phenolic OH excluding ortho intramolecular Hbond substituents is 1. The van der Waals surface area contributed by atoms with Gasteiger partial charge in [-0.1, -0.05) is 30.7 Å². The fraction of sp³-hybridized carbons (Fsp3) is 0.440. The second-order valence-corrected chi connectivity index (χ2v) is 9.63. The molecule has 0 aromatic heterocycles. The van der Waals surface area contributed by atoms with Crippen LogP contribution in [-0.2, 0) is 6.42 Å². The maximum Gasteiger partial charge on any atom is 0.133 e. The van der Waals surface area contributed by atoms with Gasteiger partial charge in [0.15, 0.2) is 0 Å². The first-order chi connectivity index (χ1) is 14.5. The van der Waals surface area contributed by atoms with E-state index in [1.54, 1.807) is 12.1 Å². The Balaban J connectivity index is 1.40. The Morgan fingerprint density at radius 1 is 1.17 bits per heavy atom. The van der Waals surface area contributed by atoms with E-state index in [2.05, 4.69) is 23.2 Å². The van der Waals surface area contributed by atoms with E-state index in [4.69, 9.17) is 11.6 Å². The second kappa shape index (κ2) is 7.49. The molecule has 0 saturated heterocycles. The van der Waals surface area contributed by atoms with Gasteiger partial charge in [-0.15, -0.1) is 0 Å². The molecular weight excluding hydrogens is 399 g/mol. The largest absolute Gasteiger partial charge is 0.508 e. The number of hydrogen-bond donors (Lipinski definition) is 1. The summed E-state index contributed by atoms with van der Waals surface area (Å²) in [5.74, 6) is 1.82. The number of hydrogen-bond acceptors (Lipinski definition) is 3. The first-order valence-corrected chi connectivity index (χ1v) is 11.2. The summed E-state index contributed by atoms with van der Waals surface area (Å²) >= 11 is 6.09. The van der Waals surface area contributed by atoms with Crippen molar-refractivity contribution in [2.45, 2.75) is 51.4 Å². The summed E-state index contributed by atoms with van der Waals surface area (Å²) in [5, 5.41) is 19.0. The highest BCUT2D eigenvalue weighted by molar-refractivity contribution is 6.33. The third-order valence-corrected chi connectivity index (χ3v) is 8.15.